The van der Waals surface area contributed by atoms with Gasteiger partial charge in [-0.05, 0) is 71.0 Å². The van der Waals surface area contributed by atoms with Crippen molar-refractivity contribution in [1.29, 1.82) is 0 Å². The molecule has 0 aliphatic carbocycles. The minimum absolute atomic E-state index is 0.0119. The highest BCUT2D eigenvalue weighted by molar-refractivity contribution is 14.1. The van der Waals surface area contributed by atoms with E-state index in [-0.39, 0.29) is 17.3 Å². The quantitative estimate of drug-likeness (QED) is 0.114. The fraction of sp³-hybridized carbons (Fsp3) is 0.154. The van der Waals surface area contributed by atoms with Crippen molar-refractivity contribution in [3.63, 3.8) is 0 Å². The number of halogens is 1. The highest BCUT2D eigenvalue weighted by atomic mass is 127. The van der Waals surface area contributed by atoms with Crippen molar-refractivity contribution in [1.82, 2.24) is 0 Å². The molecule has 0 amide bonds. The molecular formula is C26H21IN2O6. The number of nitrogens with zero attached hydrogens (tertiary/aromatic N) is 2. The number of cyclic esters (lactones) is 1. The highest BCUT2D eigenvalue weighted by Crippen LogP contribution is 2.35. The number of carbonyl (C=O) groups excluding carboxylic acids is 1. The third-order valence-electron chi connectivity index (χ3n) is 5.30. The van der Waals surface area contributed by atoms with Crippen LogP contribution in [0.15, 0.2) is 71.4 Å². The SMILES string of the molecule is COc1cc(/C=C2\N=C(c3ccc([N+](=O)[O-])c(C)c3)OC2=O)cc(I)c1OCCc1ccccc1. The Morgan fingerprint density at radius 3 is 2.60 bits per heavy atom. The van der Waals surface area contributed by atoms with Gasteiger partial charge >= 0.3 is 5.97 Å². The van der Waals surface area contributed by atoms with E-state index in [1.165, 1.54) is 17.7 Å². The number of hydrogen-bond acceptors (Lipinski definition) is 7. The van der Waals surface area contributed by atoms with E-state index >= 15 is 0 Å². The number of aliphatic imine (C=N–C) groups is 1. The van der Waals surface area contributed by atoms with E-state index in [2.05, 4.69) is 27.6 Å². The lowest BCUT2D eigenvalue weighted by atomic mass is 10.1. The van der Waals surface area contributed by atoms with E-state index in [9.17, 15) is 14.9 Å². The van der Waals surface area contributed by atoms with Crippen LogP contribution in [-0.4, -0.2) is 30.5 Å². The maximum absolute atomic E-state index is 12.4. The van der Waals surface area contributed by atoms with Crippen molar-refractivity contribution in [2.75, 3.05) is 13.7 Å². The van der Waals surface area contributed by atoms with Crippen LogP contribution in [0.1, 0.15) is 22.3 Å². The summed E-state index contributed by atoms with van der Waals surface area (Å²) in [5.74, 6) is 0.666. The van der Waals surface area contributed by atoms with Crippen LogP contribution < -0.4 is 9.47 Å². The largest absolute Gasteiger partial charge is 0.493 e. The van der Waals surface area contributed by atoms with Gasteiger partial charge in [-0.3, -0.25) is 10.1 Å². The van der Waals surface area contributed by atoms with Crippen LogP contribution in [0.3, 0.4) is 0 Å². The number of ether oxygens (including phenoxy) is 3. The molecule has 3 aromatic rings. The molecule has 0 fully saturated rings. The summed E-state index contributed by atoms with van der Waals surface area (Å²) >= 11 is 2.17. The summed E-state index contributed by atoms with van der Waals surface area (Å²) in [4.78, 5) is 27.3. The Hall–Kier alpha value is -3.73. The van der Waals surface area contributed by atoms with Crippen molar-refractivity contribution in [2.45, 2.75) is 13.3 Å². The molecule has 178 valence electrons. The molecule has 3 aromatic carbocycles. The molecule has 0 radical (unpaired) electrons. The summed E-state index contributed by atoms with van der Waals surface area (Å²) in [6.45, 7) is 2.11. The van der Waals surface area contributed by atoms with Crippen LogP contribution in [0.5, 0.6) is 11.5 Å². The zero-order valence-electron chi connectivity index (χ0n) is 19.0. The van der Waals surface area contributed by atoms with Crippen LogP contribution in [0, 0.1) is 20.6 Å². The Morgan fingerprint density at radius 1 is 1.14 bits per heavy atom. The van der Waals surface area contributed by atoms with Crippen LogP contribution in [-0.2, 0) is 16.0 Å². The van der Waals surface area contributed by atoms with E-state index in [0.29, 0.717) is 34.8 Å². The first-order valence-electron chi connectivity index (χ1n) is 10.7. The molecule has 1 aliphatic heterocycles. The van der Waals surface area contributed by atoms with Crippen LogP contribution in [0.2, 0.25) is 0 Å². The Kier molecular flexibility index (Phi) is 7.45. The number of rotatable bonds is 8. The molecule has 0 aromatic heterocycles. The van der Waals surface area contributed by atoms with Crippen LogP contribution in [0.4, 0.5) is 5.69 Å². The second kappa shape index (κ2) is 10.7. The molecule has 0 bridgehead atoms. The van der Waals surface area contributed by atoms with Gasteiger partial charge in [0.25, 0.3) is 5.69 Å². The lowest BCUT2D eigenvalue weighted by Gasteiger charge is -2.13. The number of aryl methyl sites for hydroxylation is 1. The van der Waals surface area contributed by atoms with Crippen LogP contribution >= 0.6 is 22.6 Å². The molecule has 0 unspecified atom stereocenters. The van der Waals surface area contributed by atoms with Crippen molar-refractivity contribution in [2.24, 2.45) is 4.99 Å². The van der Waals surface area contributed by atoms with Gasteiger partial charge in [0, 0.05) is 23.6 Å². The third-order valence-corrected chi connectivity index (χ3v) is 6.10. The highest BCUT2D eigenvalue weighted by Gasteiger charge is 2.25. The van der Waals surface area contributed by atoms with E-state index in [1.807, 2.05) is 36.4 Å². The molecule has 0 N–H and O–H groups in total. The summed E-state index contributed by atoms with van der Waals surface area (Å²) in [6, 6.07) is 18.1. The molecule has 0 saturated carbocycles. The normalized spacial score (nSPS) is 14.0. The average Bonchev–Trinajstić information content (AvgIpc) is 3.20. The van der Waals surface area contributed by atoms with Gasteiger partial charge in [-0.25, -0.2) is 9.79 Å². The molecular weight excluding hydrogens is 563 g/mol. The number of esters is 1. The first-order valence-corrected chi connectivity index (χ1v) is 11.8. The van der Waals surface area contributed by atoms with Gasteiger partial charge in [-0.1, -0.05) is 30.3 Å². The molecule has 8 nitrogen and oxygen atoms in total. The first kappa shape index (κ1) is 24.4. The minimum atomic E-state index is -0.604. The lowest BCUT2D eigenvalue weighted by Crippen LogP contribution is -2.06. The Morgan fingerprint density at radius 2 is 1.91 bits per heavy atom. The number of nitro benzene ring substituents is 1. The summed E-state index contributed by atoms with van der Waals surface area (Å²) in [6.07, 6.45) is 2.36. The zero-order chi connectivity index (χ0) is 24.9. The van der Waals surface area contributed by atoms with E-state index in [0.717, 1.165) is 9.99 Å². The van der Waals surface area contributed by atoms with Crippen molar-refractivity contribution < 1.29 is 23.9 Å². The third kappa shape index (κ3) is 5.68. The zero-order valence-corrected chi connectivity index (χ0v) is 21.1. The van der Waals surface area contributed by atoms with E-state index in [4.69, 9.17) is 14.2 Å². The Balaban J connectivity index is 1.55. The summed E-state index contributed by atoms with van der Waals surface area (Å²) in [5.41, 5.74) is 2.91. The molecule has 0 spiro atoms. The van der Waals surface area contributed by atoms with E-state index in [1.54, 1.807) is 32.2 Å². The maximum atomic E-state index is 12.4. The number of benzene rings is 3. The molecule has 1 heterocycles. The Labute approximate surface area is 215 Å². The molecule has 1 aliphatic rings. The van der Waals surface area contributed by atoms with Gasteiger partial charge in [-0.2, -0.15) is 0 Å². The number of methoxy groups -OCH3 is 1. The van der Waals surface area contributed by atoms with Gasteiger partial charge in [0.05, 0.1) is 22.2 Å². The standard InChI is InChI=1S/C26H21IN2O6/c1-16-12-19(8-9-22(16)29(31)32)25-28-21(26(30)35-25)14-18-13-20(27)24(23(15-18)33-2)34-11-10-17-6-4-3-5-7-17/h3-9,12-15H,10-11H2,1-2H3/b21-14-. The fourth-order valence-electron chi connectivity index (χ4n) is 3.56. The van der Waals surface area contributed by atoms with Crippen LogP contribution in [0.25, 0.3) is 6.08 Å². The molecule has 35 heavy (non-hydrogen) atoms. The second-order valence-corrected chi connectivity index (χ2v) is 8.87. The first-order chi connectivity index (χ1) is 16.9. The predicted octanol–water partition coefficient (Wildman–Crippen LogP) is 5.48. The summed E-state index contributed by atoms with van der Waals surface area (Å²) < 4.78 is 17.7. The lowest BCUT2D eigenvalue weighted by molar-refractivity contribution is -0.385. The topological polar surface area (TPSA) is 100 Å². The molecule has 0 saturated heterocycles. The number of nitro groups is 1. The smallest absolute Gasteiger partial charge is 0.363 e. The number of carbonyl (C=O) groups is 1. The average molecular weight is 584 g/mol. The summed E-state index contributed by atoms with van der Waals surface area (Å²) in [5, 5.41) is 11.0. The van der Waals surface area contributed by atoms with Gasteiger partial charge in [0.15, 0.2) is 17.2 Å². The second-order valence-electron chi connectivity index (χ2n) is 7.71. The van der Waals surface area contributed by atoms with Gasteiger partial charge in [-0.15, -0.1) is 0 Å². The number of hydrogen-bond donors (Lipinski definition) is 0. The monoisotopic (exact) mass is 584 g/mol. The Bertz CT molecular complexity index is 1350. The summed E-state index contributed by atoms with van der Waals surface area (Å²) in [7, 11) is 1.56. The van der Waals surface area contributed by atoms with Gasteiger partial charge in [0.2, 0.25) is 5.90 Å². The minimum Gasteiger partial charge on any atom is -0.493 e. The van der Waals surface area contributed by atoms with Crippen molar-refractivity contribution >= 4 is 46.2 Å². The van der Waals surface area contributed by atoms with E-state index < -0.39 is 10.9 Å². The molecule has 4 rings (SSSR count). The molecule has 0 atom stereocenters. The fourth-order valence-corrected chi connectivity index (χ4v) is 4.34. The van der Waals surface area contributed by atoms with Crippen molar-refractivity contribution in [3.05, 3.63) is 102 Å². The van der Waals surface area contributed by atoms with Gasteiger partial charge in [0.1, 0.15) is 0 Å². The predicted molar refractivity (Wildman–Crippen MR) is 140 cm³/mol. The molecule has 9 heteroatoms. The van der Waals surface area contributed by atoms with Crippen molar-refractivity contribution in [3.8, 4) is 11.5 Å². The maximum Gasteiger partial charge on any atom is 0.363 e. The van der Waals surface area contributed by atoms with Gasteiger partial charge < -0.3 is 14.2 Å².